The molecule has 0 spiro atoms. The molecule has 0 radical (unpaired) electrons. The normalized spacial score (nSPS) is 10.1. The van der Waals surface area contributed by atoms with Crippen molar-refractivity contribution in [3.8, 4) is 10.4 Å². The minimum atomic E-state index is -1.64. The summed E-state index contributed by atoms with van der Waals surface area (Å²) in [7, 11) is 1.20. The third kappa shape index (κ3) is 3.44. The van der Waals surface area contributed by atoms with Crippen molar-refractivity contribution >= 4 is 46.5 Å². The predicted molar refractivity (Wildman–Crippen MR) is 82.4 cm³/mol. The number of aliphatic carboxylic acids is 1. The van der Waals surface area contributed by atoms with Gasteiger partial charge < -0.3 is 15.2 Å². The standard InChI is InChI=1S/C14H10ClNO5S/c1-21-14(20)11-9(16-12(17)13(18)19)6-10(22-11)7-2-4-8(15)5-3-7/h2-6H,1H3,(H,16,17)(H,18,19). The van der Waals surface area contributed by atoms with Crippen LogP contribution in [0.25, 0.3) is 10.4 Å². The van der Waals surface area contributed by atoms with Crippen molar-refractivity contribution in [2.45, 2.75) is 0 Å². The summed E-state index contributed by atoms with van der Waals surface area (Å²) in [5.74, 6) is -3.54. The molecule has 0 bridgehead atoms. The average molecular weight is 340 g/mol. The Balaban J connectivity index is 2.43. The minimum absolute atomic E-state index is 0.0919. The van der Waals surface area contributed by atoms with Crippen LogP contribution in [0.3, 0.4) is 0 Å². The van der Waals surface area contributed by atoms with Crippen LogP contribution in [0.5, 0.6) is 0 Å². The number of hydrogen-bond acceptors (Lipinski definition) is 5. The topological polar surface area (TPSA) is 92.7 Å². The number of hydrogen-bond donors (Lipinski definition) is 2. The number of halogens is 1. The van der Waals surface area contributed by atoms with Crippen LogP contribution < -0.4 is 5.32 Å². The van der Waals surface area contributed by atoms with Gasteiger partial charge in [-0.25, -0.2) is 9.59 Å². The maximum Gasteiger partial charge on any atom is 0.394 e. The monoisotopic (exact) mass is 339 g/mol. The zero-order valence-corrected chi connectivity index (χ0v) is 12.8. The number of ether oxygens (including phenoxy) is 1. The molecule has 0 aliphatic carbocycles. The van der Waals surface area contributed by atoms with E-state index in [9.17, 15) is 14.4 Å². The fourth-order valence-corrected chi connectivity index (χ4v) is 2.82. The molecule has 2 rings (SSSR count). The van der Waals surface area contributed by atoms with Crippen molar-refractivity contribution < 1.29 is 24.2 Å². The number of carbonyl (C=O) groups is 3. The van der Waals surface area contributed by atoms with Gasteiger partial charge in [-0.15, -0.1) is 11.3 Å². The summed E-state index contributed by atoms with van der Waals surface area (Å²) in [6.07, 6.45) is 0. The summed E-state index contributed by atoms with van der Waals surface area (Å²) in [5.41, 5.74) is 0.865. The second-order valence-electron chi connectivity index (χ2n) is 4.11. The van der Waals surface area contributed by atoms with E-state index in [4.69, 9.17) is 16.7 Å². The van der Waals surface area contributed by atoms with Gasteiger partial charge in [-0.1, -0.05) is 23.7 Å². The first-order chi connectivity index (χ1) is 10.4. The SMILES string of the molecule is COC(=O)c1sc(-c2ccc(Cl)cc2)cc1NC(=O)C(=O)O. The van der Waals surface area contributed by atoms with Crippen LogP contribution in [0.4, 0.5) is 5.69 Å². The van der Waals surface area contributed by atoms with E-state index in [-0.39, 0.29) is 10.6 Å². The van der Waals surface area contributed by atoms with Gasteiger partial charge in [0, 0.05) is 9.90 Å². The molecular weight excluding hydrogens is 330 g/mol. The Morgan fingerprint density at radius 2 is 1.86 bits per heavy atom. The molecule has 6 nitrogen and oxygen atoms in total. The van der Waals surface area contributed by atoms with Crippen LogP contribution in [0.1, 0.15) is 9.67 Å². The molecule has 2 aromatic rings. The summed E-state index contributed by atoms with van der Waals surface area (Å²) < 4.78 is 4.64. The second-order valence-corrected chi connectivity index (χ2v) is 5.60. The summed E-state index contributed by atoms with van der Waals surface area (Å²) in [5, 5.41) is 11.4. The highest BCUT2D eigenvalue weighted by Crippen LogP contribution is 2.35. The number of carbonyl (C=O) groups excluding carboxylic acids is 2. The maximum atomic E-state index is 11.8. The largest absolute Gasteiger partial charge is 0.474 e. The fraction of sp³-hybridized carbons (Fsp3) is 0.0714. The molecule has 114 valence electrons. The van der Waals surface area contributed by atoms with Crippen LogP contribution in [0.15, 0.2) is 30.3 Å². The smallest absolute Gasteiger partial charge is 0.394 e. The molecule has 0 aliphatic heterocycles. The van der Waals surface area contributed by atoms with E-state index < -0.39 is 17.8 Å². The summed E-state index contributed by atoms with van der Waals surface area (Å²) in [6.45, 7) is 0. The molecule has 2 N–H and O–H groups in total. The lowest BCUT2D eigenvalue weighted by molar-refractivity contribution is -0.147. The molecule has 0 atom stereocenters. The zero-order valence-electron chi connectivity index (χ0n) is 11.3. The van der Waals surface area contributed by atoms with Crippen LogP contribution >= 0.6 is 22.9 Å². The van der Waals surface area contributed by atoms with Crippen LogP contribution in [0, 0.1) is 0 Å². The number of anilines is 1. The summed E-state index contributed by atoms with van der Waals surface area (Å²) in [4.78, 5) is 34.4. The van der Waals surface area contributed by atoms with Gasteiger partial charge in [0.25, 0.3) is 0 Å². The van der Waals surface area contributed by atoms with E-state index >= 15 is 0 Å². The Morgan fingerprint density at radius 3 is 2.41 bits per heavy atom. The number of esters is 1. The van der Waals surface area contributed by atoms with E-state index in [1.807, 2.05) is 0 Å². The molecule has 0 saturated heterocycles. The van der Waals surface area contributed by atoms with Crippen LogP contribution in [-0.4, -0.2) is 30.1 Å². The van der Waals surface area contributed by atoms with Gasteiger partial charge in [-0.3, -0.25) is 4.79 Å². The highest BCUT2D eigenvalue weighted by atomic mass is 35.5. The average Bonchev–Trinajstić information content (AvgIpc) is 2.90. The van der Waals surface area contributed by atoms with Gasteiger partial charge in [0.15, 0.2) is 0 Å². The first kappa shape index (κ1) is 16.0. The molecule has 0 fully saturated rings. The van der Waals surface area contributed by atoms with Crippen molar-refractivity contribution in [3.05, 3.63) is 40.2 Å². The zero-order chi connectivity index (χ0) is 16.3. The first-order valence-corrected chi connectivity index (χ1v) is 7.14. The first-order valence-electron chi connectivity index (χ1n) is 5.94. The number of rotatable bonds is 3. The molecule has 22 heavy (non-hydrogen) atoms. The van der Waals surface area contributed by atoms with Gasteiger partial charge in [0.05, 0.1) is 12.8 Å². The lowest BCUT2D eigenvalue weighted by Gasteiger charge is -2.01. The lowest BCUT2D eigenvalue weighted by Crippen LogP contribution is -2.22. The number of carboxylic acid groups (broad SMARTS) is 1. The quantitative estimate of drug-likeness (QED) is 0.662. The number of amides is 1. The number of methoxy groups -OCH3 is 1. The summed E-state index contributed by atoms with van der Waals surface area (Å²) in [6, 6.07) is 8.38. The maximum absolute atomic E-state index is 11.8. The molecular formula is C14H10ClNO5S. The highest BCUT2D eigenvalue weighted by Gasteiger charge is 2.21. The fourth-order valence-electron chi connectivity index (χ4n) is 1.66. The Hall–Kier alpha value is -2.38. The van der Waals surface area contributed by atoms with Gasteiger partial charge >= 0.3 is 17.8 Å². The molecule has 0 unspecified atom stereocenters. The molecule has 0 saturated carbocycles. The molecule has 8 heteroatoms. The van der Waals surface area contributed by atoms with E-state index in [0.717, 1.165) is 16.9 Å². The number of carboxylic acids is 1. The lowest BCUT2D eigenvalue weighted by atomic mass is 10.2. The summed E-state index contributed by atoms with van der Waals surface area (Å²) >= 11 is 6.90. The Morgan fingerprint density at radius 1 is 1.23 bits per heavy atom. The Labute approximate surface area is 134 Å². The Bertz CT molecular complexity index is 738. The van der Waals surface area contributed by atoms with E-state index in [1.165, 1.54) is 13.2 Å². The van der Waals surface area contributed by atoms with Crippen molar-refractivity contribution in [2.75, 3.05) is 12.4 Å². The Kier molecular flexibility index (Phi) is 4.79. The van der Waals surface area contributed by atoms with Crippen molar-refractivity contribution in [2.24, 2.45) is 0 Å². The number of nitrogens with one attached hydrogen (secondary N) is 1. The van der Waals surface area contributed by atoms with Gasteiger partial charge in [-0.05, 0) is 23.8 Å². The van der Waals surface area contributed by atoms with E-state index in [1.54, 1.807) is 24.3 Å². The number of thiophene rings is 1. The number of benzene rings is 1. The molecule has 1 aromatic carbocycles. The van der Waals surface area contributed by atoms with Crippen molar-refractivity contribution in [1.29, 1.82) is 0 Å². The van der Waals surface area contributed by atoms with Crippen molar-refractivity contribution in [1.82, 2.24) is 0 Å². The van der Waals surface area contributed by atoms with Gasteiger partial charge in [0.1, 0.15) is 4.88 Å². The van der Waals surface area contributed by atoms with Crippen molar-refractivity contribution in [3.63, 3.8) is 0 Å². The van der Waals surface area contributed by atoms with Crippen LogP contribution in [0.2, 0.25) is 5.02 Å². The van der Waals surface area contributed by atoms with E-state index in [2.05, 4.69) is 10.1 Å². The van der Waals surface area contributed by atoms with Crippen LogP contribution in [-0.2, 0) is 14.3 Å². The molecule has 1 aromatic heterocycles. The third-order valence-corrected chi connectivity index (χ3v) is 4.09. The van der Waals surface area contributed by atoms with E-state index in [0.29, 0.717) is 9.90 Å². The third-order valence-electron chi connectivity index (χ3n) is 2.67. The highest BCUT2D eigenvalue weighted by molar-refractivity contribution is 7.18. The molecule has 0 aliphatic rings. The van der Waals surface area contributed by atoms with Gasteiger partial charge in [-0.2, -0.15) is 0 Å². The van der Waals surface area contributed by atoms with Gasteiger partial charge in [0.2, 0.25) is 0 Å². The second kappa shape index (κ2) is 6.59. The molecule has 1 amide bonds. The predicted octanol–water partition coefficient (Wildman–Crippen LogP) is 2.88. The molecule has 1 heterocycles. The minimum Gasteiger partial charge on any atom is -0.474 e.